The van der Waals surface area contributed by atoms with E-state index in [1.54, 1.807) is 27.7 Å². The molecule has 0 bridgehead atoms. The SMILES string of the molecule is COc1cc(CNc2cc(N3CCOCC3)ncn2)cc(OC)c1OC. The number of ether oxygens (including phenoxy) is 4. The fourth-order valence-electron chi connectivity index (χ4n) is 2.84. The largest absolute Gasteiger partial charge is 0.493 e. The summed E-state index contributed by atoms with van der Waals surface area (Å²) in [5.41, 5.74) is 0.992. The van der Waals surface area contributed by atoms with Gasteiger partial charge in [0, 0.05) is 25.7 Å². The summed E-state index contributed by atoms with van der Waals surface area (Å²) in [5.74, 6) is 3.49. The smallest absolute Gasteiger partial charge is 0.203 e. The van der Waals surface area contributed by atoms with E-state index in [1.807, 2.05) is 18.2 Å². The molecule has 1 N–H and O–H groups in total. The van der Waals surface area contributed by atoms with Crippen molar-refractivity contribution >= 4 is 11.6 Å². The van der Waals surface area contributed by atoms with Gasteiger partial charge in [0.15, 0.2) is 11.5 Å². The lowest BCUT2D eigenvalue weighted by molar-refractivity contribution is 0.122. The molecular weight excluding hydrogens is 336 g/mol. The van der Waals surface area contributed by atoms with Gasteiger partial charge in [-0.25, -0.2) is 9.97 Å². The molecule has 1 aliphatic rings. The first-order valence-electron chi connectivity index (χ1n) is 8.42. The van der Waals surface area contributed by atoms with Gasteiger partial charge in [-0.2, -0.15) is 0 Å². The summed E-state index contributed by atoms with van der Waals surface area (Å²) in [6.45, 7) is 3.68. The lowest BCUT2D eigenvalue weighted by atomic mass is 10.1. The molecule has 8 nitrogen and oxygen atoms in total. The first kappa shape index (κ1) is 18.1. The fraction of sp³-hybridized carbons (Fsp3) is 0.444. The van der Waals surface area contributed by atoms with Crippen LogP contribution < -0.4 is 24.4 Å². The Kier molecular flexibility index (Phi) is 5.96. The van der Waals surface area contributed by atoms with Crippen LogP contribution in [0.5, 0.6) is 17.2 Å². The zero-order valence-corrected chi connectivity index (χ0v) is 15.3. The monoisotopic (exact) mass is 360 g/mol. The molecule has 1 saturated heterocycles. The van der Waals surface area contributed by atoms with Crippen molar-refractivity contribution < 1.29 is 18.9 Å². The van der Waals surface area contributed by atoms with E-state index in [1.165, 1.54) is 0 Å². The van der Waals surface area contributed by atoms with E-state index in [-0.39, 0.29) is 0 Å². The molecule has 0 aliphatic carbocycles. The van der Waals surface area contributed by atoms with Crippen molar-refractivity contribution in [1.82, 2.24) is 9.97 Å². The minimum atomic E-state index is 0.566. The predicted octanol–water partition coefficient (Wildman–Crippen LogP) is 1.95. The molecular formula is C18H24N4O4. The third-order valence-corrected chi connectivity index (χ3v) is 4.19. The third kappa shape index (κ3) is 4.08. The van der Waals surface area contributed by atoms with Gasteiger partial charge in [0.1, 0.15) is 18.0 Å². The summed E-state index contributed by atoms with van der Waals surface area (Å²) in [7, 11) is 4.80. The Morgan fingerprint density at radius 3 is 2.31 bits per heavy atom. The fourth-order valence-corrected chi connectivity index (χ4v) is 2.84. The summed E-state index contributed by atoms with van der Waals surface area (Å²) in [6, 6.07) is 5.78. The molecule has 1 fully saturated rings. The molecule has 140 valence electrons. The molecule has 2 aromatic rings. The second-order valence-corrected chi connectivity index (χ2v) is 5.75. The average Bonchev–Trinajstić information content (AvgIpc) is 2.72. The van der Waals surface area contributed by atoms with Gasteiger partial charge in [-0.15, -0.1) is 0 Å². The lowest BCUT2D eigenvalue weighted by Crippen LogP contribution is -2.36. The van der Waals surface area contributed by atoms with Crippen LogP contribution in [0.2, 0.25) is 0 Å². The van der Waals surface area contributed by atoms with E-state index >= 15 is 0 Å². The molecule has 0 unspecified atom stereocenters. The Balaban J connectivity index is 1.72. The van der Waals surface area contributed by atoms with Crippen LogP contribution in [0.3, 0.4) is 0 Å². The molecule has 0 atom stereocenters. The standard InChI is InChI=1S/C18H24N4O4/c1-23-14-8-13(9-15(24-2)18(14)25-3)11-19-16-10-17(21-12-20-16)22-4-6-26-7-5-22/h8-10,12H,4-7,11H2,1-3H3,(H,19,20,21). The normalized spacial score (nSPS) is 14.0. The van der Waals surface area contributed by atoms with Crippen LogP contribution in [0, 0.1) is 0 Å². The molecule has 0 radical (unpaired) electrons. The lowest BCUT2D eigenvalue weighted by Gasteiger charge is -2.27. The Hall–Kier alpha value is -2.74. The highest BCUT2D eigenvalue weighted by Crippen LogP contribution is 2.38. The van der Waals surface area contributed by atoms with E-state index < -0.39 is 0 Å². The number of anilines is 2. The zero-order valence-electron chi connectivity index (χ0n) is 15.3. The number of nitrogens with one attached hydrogen (secondary N) is 1. The van der Waals surface area contributed by atoms with Gasteiger partial charge in [0.25, 0.3) is 0 Å². The molecule has 1 aliphatic heterocycles. The summed E-state index contributed by atoms with van der Waals surface area (Å²) in [5, 5.41) is 3.32. The summed E-state index contributed by atoms with van der Waals surface area (Å²) in [6.07, 6.45) is 1.57. The number of aromatic nitrogens is 2. The van der Waals surface area contributed by atoms with E-state index in [4.69, 9.17) is 18.9 Å². The minimum absolute atomic E-state index is 0.566. The zero-order chi connectivity index (χ0) is 18.4. The van der Waals surface area contributed by atoms with Gasteiger partial charge in [0.2, 0.25) is 5.75 Å². The highest BCUT2D eigenvalue weighted by Gasteiger charge is 2.15. The van der Waals surface area contributed by atoms with Crippen LogP contribution in [-0.2, 0) is 11.3 Å². The highest BCUT2D eigenvalue weighted by molar-refractivity contribution is 5.55. The number of morpholine rings is 1. The van der Waals surface area contributed by atoms with Crippen molar-refractivity contribution in [3.63, 3.8) is 0 Å². The van der Waals surface area contributed by atoms with Crippen molar-refractivity contribution in [3.8, 4) is 17.2 Å². The molecule has 2 heterocycles. The van der Waals surface area contributed by atoms with Gasteiger partial charge < -0.3 is 29.2 Å². The number of nitrogens with zero attached hydrogens (tertiary/aromatic N) is 3. The van der Waals surface area contributed by atoms with Crippen LogP contribution in [0.25, 0.3) is 0 Å². The van der Waals surface area contributed by atoms with Gasteiger partial charge in [-0.05, 0) is 17.7 Å². The van der Waals surface area contributed by atoms with Gasteiger partial charge in [-0.3, -0.25) is 0 Å². The number of hydrogen-bond acceptors (Lipinski definition) is 8. The van der Waals surface area contributed by atoms with Crippen LogP contribution in [0.4, 0.5) is 11.6 Å². The quantitative estimate of drug-likeness (QED) is 0.803. The van der Waals surface area contributed by atoms with Crippen LogP contribution in [0.1, 0.15) is 5.56 Å². The van der Waals surface area contributed by atoms with E-state index in [2.05, 4.69) is 20.2 Å². The van der Waals surface area contributed by atoms with Crippen molar-refractivity contribution in [2.75, 3.05) is 57.8 Å². The Morgan fingerprint density at radius 2 is 1.69 bits per heavy atom. The van der Waals surface area contributed by atoms with Gasteiger partial charge in [0.05, 0.1) is 34.5 Å². The molecule has 0 spiro atoms. The number of methoxy groups -OCH3 is 3. The highest BCUT2D eigenvalue weighted by atomic mass is 16.5. The van der Waals surface area contributed by atoms with Crippen LogP contribution in [0.15, 0.2) is 24.5 Å². The Morgan fingerprint density at radius 1 is 1.00 bits per heavy atom. The van der Waals surface area contributed by atoms with E-state index in [9.17, 15) is 0 Å². The topological polar surface area (TPSA) is 78.0 Å². The van der Waals surface area contributed by atoms with Gasteiger partial charge in [-0.1, -0.05) is 0 Å². The number of rotatable bonds is 7. The predicted molar refractivity (Wildman–Crippen MR) is 98.5 cm³/mol. The minimum Gasteiger partial charge on any atom is -0.493 e. The van der Waals surface area contributed by atoms with Crippen LogP contribution >= 0.6 is 0 Å². The van der Waals surface area contributed by atoms with Crippen molar-refractivity contribution in [2.45, 2.75) is 6.54 Å². The molecule has 1 aromatic heterocycles. The number of hydrogen-bond donors (Lipinski definition) is 1. The summed E-state index contributed by atoms with van der Waals surface area (Å²) < 4.78 is 21.5. The van der Waals surface area contributed by atoms with Crippen LogP contribution in [-0.4, -0.2) is 57.6 Å². The second-order valence-electron chi connectivity index (χ2n) is 5.75. The first-order valence-corrected chi connectivity index (χ1v) is 8.42. The maximum Gasteiger partial charge on any atom is 0.203 e. The summed E-state index contributed by atoms with van der Waals surface area (Å²) >= 11 is 0. The first-order chi connectivity index (χ1) is 12.7. The molecule has 1 aromatic carbocycles. The third-order valence-electron chi connectivity index (χ3n) is 4.19. The summed E-state index contributed by atoms with van der Waals surface area (Å²) in [4.78, 5) is 10.8. The van der Waals surface area contributed by atoms with Crippen molar-refractivity contribution in [1.29, 1.82) is 0 Å². The Labute approximate surface area is 153 Å². The molecule has 8 heteroatoms. The average molecular weight is 360 g/mol. The van der Waals surface area contributed by atoms with E-state index in [0.717, 1.165) is 43.5 Å². The number of benzene rings is 1. The van der Waals surface area contributed by atoms with Crippen molar-refractivity contribution in [3.05, 3.63) is 30.1 Å². The van der Waals surface area contributed by atoms with Gasteiger partial charge >= 0.3 is 0 Å². The molecule has 26 heavy (non-hydrogen) atoms. The molecule has 3 rings (SSSR count). The van der Waals surface area contributed by atoms with Crippen molar-refractivity contribution in [2.24, 2.45) is 0 Å². The Bertz CT molecular complexity index is 710. The molecule has 0 amide bonds. The second kappa shape index (κ2) is 8.57. The van der Waals surface area contributed by atoms with E-state index in [0.29, 0.717) is 23.8 Å². The maximum absolute atomic E-state index is 5.39. The maximum atomic E-state index is 5.39. The molecule has 0 saturated carbocycles.